The van der Waals surface area contributed by atoms with E-state index in [1.807, 2.05) is 79.7 Å². The van der Waals surface area contributed by atoms with Crippen LogP contribution in [0, 0.1) is 11.8 Å². The first-order valence-corrected chi connectivity index (χ1v) is 17.9. The number of carbonyl (C=O) groups excluding carboxylic acids is 3. The summed E-state index contributed by atoms with van der Waals surface area (Å²) in [5.41, 5.74) is 1.54. The lowest BCUT2D eigenvalue weighted by atomic mass is 9.74. The van der Waals surface area contributed by atoms with Gasteiger partial charge in [-0.15, -0.1) is 11.8 Å². The molecule has 0 aliphatic carbocycles. The number of unbranched alkanes of at least 4 members (excludes halogenated alkanes) is 3. The molecule has 0 aromatic heterocycles. The molecule has 1 unspecified atom stereocenters. The van der Waals surface area contributed by atoms with Crippen LogP contribution in [-0.2, 0) is 14.4 Å². The van der Waals surface area contributed by atoms with Crippen LogP contribution in [0.25, 0.3) is 10.8 Å². The first kappa shape index (κ1) is 32.5. The number of thioether (sulfide) groups is 1. The molecule has 2 saturated heterocycles. The van der Waals surface area contributed by atoms with Crippen molar-refractivity contribution in [3.63, 3.8) is 0 Å². The number of hydrogen-bond donors (Lipinski definition) is 1. The molecular formula is C39H43N3O5S. The molecule has 4 aliphatic heterocycles. The van der Waals surface area contributed by atoms with Crippen LogP contribution in [0.4, 0.5) is 11.4 Å². The topological polar surface area (TPSA) is 90.4 Å². The highest BCUT2D eigenvalue weighted by molar-refractivity contribution is 8.02. The van der Waals surface area contributed by atoms with Gasteiger partial charge in [0.15, 0.2) is 0 Å². The molecule has 3 aromatic carbocycles. The highest BCUT2D eigenvalue weighted by atomic mass is 32.2. The van der Waals surface area contributed by atoms with Gasteiger partial charge in [-0.05, 0) is 73.9 Å². The third kappa shape index (κ3) is 5.41. The van der Waals surface area contributed by atoms with Crippen molar-refractivity contribution >= 4 is 51.6 Å². The van der Waals surface area contributed by atoms with Crippen molar-refractivity contribution < 1.29 is 24.2 Å². The standard InChI is InChI=1S/C39H43N3O5S/c1-3-47-31-18-16-29(17-19-31)40-23-10-20-38(2)32(35(40)44)33-36(45)42(22-8-4-5-9-25-43)34-37(46)41(24-11-21-39(33,34)48-38)30-15-14-27-12-6-7-13-28(27)26-30/h6-7,10-21,26,32-34,43H,3-5,8-9,22-25H2,1-2H3/t32-,33-,34?,38+,39-/m0/s1. The zero-order chi connectivity index (χ0) is 33.5. The molecule has 0 radical (unpaired) electrons. The van der Waals surface area contributed by atoms with Gasteiger partial charge in [0.05, 0.1) is 23.2 Å². The van der Waals surface area contributed by atoms with Crippen molar-refractivity contribution in [1.82, 2.24) is 4.90 Å². The maximum Gasteiger partial charge on any atom is 0.251 e. The second kappa shape index (κ2) is 13.1. The maximum atomic E-state index is 14.9. The molecule has 8 nitrogen and oxygen atoms in total. The third-order valence-corrected chi connectivity index (χ3v) is 12.2. The van der Waals surface area contributed by atoms with Crippen molar-refractivity contribution in [3.05, 3.63) is 91.0 Å². The second-order valence-corrected chi connectivity index (χ2v) is 15.1. The number of ether oxygens (including phenoxy) is 1. The number of aliphatic hydroxyl groups excluding tert-OH is 1. The number of benzene rings is 3. The Balaban J connectivity index is 1.27. The molecular weight excluding hydrogens is 623 g/mol. The van der Waals surface area contributed by atoms with Crippen LogP contribution in [0.2, 0.25) is 0 Å². The van der Waals surface area contributed by atoms with Gasteiger partial charge in [-0.1, -0.05) is 67.5 Å². The summed E-state index contributed by atoms with van der Waals surface area (Å²) in [6.07, 6.45) is 11.3. The lowest BCUT2D eigenvalue weighted by molar-refractivity contribution is -0.139. The monoisotopic (exact) mass is 665 g/mol. The summed E-state index contributed by atoms with van der Waals surface area (Å²) in [4.78, 5) is 49.9. The Hall–Kier alpha value is -4.08. The Morgan fingerprint density at radius 1 is 0.792 bits per heavy atom. The number of hydrogen-bond acceptors (Lipinski definition) is 6. The van der Waals surface area contributed by atoms with Crippen LogP contribution in [0.1, 0.15) is 39.5 Å². The molecule has 4 heterocycles. The van der Waals surface area contributed by atoms with E-state index < -0.39 is 27.4 Å². The Bertz CT molecular complexity index is 1770. The van der Waals surface area contributed by atoms with E-state index in [9.17, 15) is 19.5 Å². The normalized spacial score (nSPS) is 28.0. The van der Waals surface area contributed by atoms with E-state index in [4.69, 9.17) is 4.74 Å². The molecule has 250 valence electrons. The summed E-state index contributed by atoms with van der Waals surface area (Å²) >= 11 is 1.61. The van der Waals surface area contributed by atoms with E-state index in [1.54, 1.807) is 26.5 Å². The van der Waals surface area contributed by atoms with Crippen molar-refractivity contribution in [3.8, 4) is 5.75 Å². The molecule has 1 spiro atoms. The number of amides is 3. The zero-order valence-electron chi connectivity index (χ0n) is 27.6. The average molecular weight is 666 g/mol. The van der Waals surface area contributed by atoms with Gasteiger partial charge in [0.25, 0.3) is 5.91 Å². The SMILES string of the molecule is CCOc1ccc(N2CC=C[C@@]3(C)S[C@]45C=CCN(c6ccc7ccccc7c6)C(=O)C4N(CCCCCCO)C(=O)[C@@H]5[C@H]3C2=O)cc1. The molecule has 1 N–H and O–H groups in total. The summed E-state index contributed by atoms with van der Waals surface area (Å²) < 4.78 is 4.04. The number of aliphatic hydroxyl groups is 1. The number of fused-ring (bicyclic) bond motifs is 3. The number of nitrogens with zero attached hydrogens (tertiary/aromatic N) is 3. The molecule has 9 heteroatoms. The van der Waals surface area contributed by atoms with Crippen molar-refractivity contribution in [2.75, 3.05) is 42.6 Å². The van der Waals surface area contributed by atoms with Crippen molar-refractivity contribution in [2.45, 2.75) is 55.1 Å². The van der Waals surface area contributed by atoms with Gasteiger partial charge in [0.2, 0.25) is 11.8 Å². The fraction of sp³-hybridized carbons (Fsp3) is 0.410. The number of anilines is 2. The van der Waals surface area contributed by atoms with Crippen molar-refractivity contribution in [1.29, 1.82) is 0 Å². The van der Waals surface area contributed by atoms with Gasteiger partial charge in [0.1, 0.15) is 11.8 Å². The summed E-state index contributed by atoms with van der Waals surface area (Å²) in [6.45, 7) is 5.88. The van der Waals surface area contributed by atoms with Crippen LogP contribution >= 0.6 is 11.8 Å². The predicted molar refractivity (Wildman–Crippen MR) is 191 cm³/mol. The molecule has 48 heavy (non-hydrogen) atoms. The second-order valence-electron chi connectivity index (χ2n) is 13.3. The van der Waals surface area contributed by atoms with Crippen LogP contribution in [0.15, 0.2) is 91.0 Å². The highest BCUT2D eigenvalue weighted by Crippen LogP contribution is 2.65. The van der Waals surface area contributed by atoms with E-state index in [-0.39, 0.29) is 24.3 Å². The fourth-order valence-electron chi connectivity index (χ4n) is 8.21. The molecule has 0 bridgehead atoms. The Morgan fingerprint density at radius 2 is 1.48 bits per heavy atom. The van der Waals surface area contributed by atoms with E-state index in [0.29, 0.717) is 32.7 Å². The predicted octanol–water partition coefficient (Wildman–Crippen LogP) is 5.98. The Morgan fingerprint density at radius 3 is 2.23 bits per heavy atom. The quantitative estimate of drug-likeness (QED) is 0.212. The van der Waals surface area contributed by atoms with Crippen LogP contribution in [0.5, 0.6) is 5.75 Å². The molecule has 5 atom stereocenters. The van der Waals surface area contributed by atoms with E-state index >= 15 is 0 Å². The summed E-state index contributed by atoms with van der Waals surface area (Å²) in [6, 6.07) is 20.9. The van der Waals surface area contributed by atoms with Crippen LogP contribution < -0.4 is 14.5 Å². The molecule has 2 fully saturated rings. The highest BCUT2D eigenvalue weighted by Gasteiger charge is 2.74. The molecule has 7 rings (SSSR count). The lowest BCUT2D eigenvalue weighted by Gasteiger charge is -2.37. The lowest BCUT2D eigenvalue weighted by Crippen LogP contribution is -2.53. The Labute approximate surface area is 286 Å². The van der Waals surface area contributed by atoms with Gasteiger partial charge in [-0.2, -0.15) is 0 Å². The summed E-state index contributed by atoms with van der Waals surface area (Å²) in [5, 5.41) is 11.4. The van der Waals surface area contributed by atoms with Gasteiger partial charge in [-0.3, -0.25) is 14.4 Å². The van der Waals surface area contributed by atoms with E-state index in [0.717, 1.165) is 47.2 Å². The molecule has 3 aromatic rings. The largest absolute Gasteiger partial charge is 0.494 e. The smallest absolute Gasteiger partial charge is 0.251 e. The first-order valence-electron chi connectivity index (χ1n) is 17.1. The minimum atomic E-state index is -0.911. The Kier molecular flexibility index (Phi) is 8.85. The fourth-order valence-corrected chi connectivity index (χ4v) is 10.4. The van der Waals surface area contributed by atoms with Crippen molar-refractivity contribution in [2.24, 2.45) is 11.8 Å². The average Bonchev–Trinajstić information content (AvgIpc) is 3.35. The molecule has 4 aliphatic rings. The van der Waals surface area contributed by atoms with Gasteiger partial charge >= 0.3 is 0 Å². The molecule has 3 amide bonds. The first-order chi connectivity index (χ1) is 23.3. The van der Waals surface area contributed by atoms with Gasteiger partial charge in [0, 0.05) is 42.4 Å². The zero-order valence-corrected chi connectivity index (χ0v) is 28.4. The number of rotatable bonds is 10. The summed E-state index contributed by atoms with van der Waals surface area (Å²) in [7, 11) is 0. The van der Waals surface area contributed by atoms with Crippen LogP contribution in [-0.4, -0.2) is 76.1 Å². The van der Waals surface area contributed by atoms with Crippen LogP contribution in [0.3, 0.4) is 0 Å². The number of carbonyl (C=O) groups is 3. The number of likely N-dealkylation sites (tertiary alicyclic amines) is 1. The van der Waals surface area contributed by atoms with Gasteiger partial charge in [-0.25, -0.2) is 0 Å². The van der Waals surface area contributed by atoms with E-state index in [2.05, 4.69) is 25.1 Å². The van der Waals surface area contributed by atoms with E-state index in [1.165, 1.54) is 0 Å². The van der Waals surface area contributed by atoms with Gasteiger partial charge < -0.3 is 24.5 Å². The summed E-state index contributed by atoms with van der Waals surface area (Å²) in [5.74, 6) is -0.972. The maximum absolute atomic E-state index is 14.9. The third-order valence-electron chi connectivity index (χ3n) is 10.4. The minimum Gasteiger partial charge on any atom is -0.494 e. The molecule has 0 saturated carbocycles. The minimum absolute atomic E-state index is 0.102.